The summed E-state index contributed by atoms with van der Waals surface area (Å²) in [5.74, 6) is 0. The van der Waals surface area contributed by atoms with Gasteiger partial charge in [-0.15, -0.1) is 0 Å². The quantitative estimate of drug-likeness (QED) is 0.269. The summed E-state index contributed by atoms with van der Waals surface area (Å²) in [6.07, 6.45) is 1.71. The molecule has 0 radical (unpaired) electrons. The molecule has 4 nitrogen and oxygen atoms in total. The fourth-order valence-corrected chi connectivity index (χ4v) is 6.34. The second-order valence-corrected chi connectivity index (χ2v) is 10.3. The van der Waals surface area contributed by atoms with Crippen LogP contribution in [0.3, 0.4) is 0 Å². The molecular weight excluding hydrogens is 410 g/mol. The molecule has 0 amide bonds. The van der Waals surface area contributed by atoms with E-state index in [-0.39, 0.29) is 0 Å². The summed E-state index contributed by atoms with van der Waals surface area (Å²) >= 11 is 5.87. The van der Waals surface area contributed by atoms with Crippen LogP contribution in [0.2, 0.25) is 6.04 Å². The molecule has 2 aromatic rings. The van der Waals surface area contributed by atoms with Gasteiger partial charge in [0.25, 0.3) is 0 Å². The van der Waals surface area contributed by atoms with Crippen LogP contribution in [0.4, 0.5) is 0 Å². The molecular formula is C24H35NO3SSi. The predicted molar refractivity (Wildman–Crippen MR) is 129 cm³/mol. The van der Waals surface area contributed by atoms with Crippen LogP contribution in [0, 0.1) is 0 Å². The number of rotatable bonds is 14. The van der Waals surface area contributed by atoms with Gasteiger partial charge in [-0.2, -0.15) is 0 Å². The zero-order valence-electron chi connectivity index (χ0n) is 18.5. The Morgan fingerprint density at radius 3 is 1.60 bits per heavy atom. The monoisotopic (exact) mass is 445 g/mol. The van der Waals surface area contributed by atoms with E-state index < -0.39 is 8.80 Å². The standard InChI is InChI=1S/C24H35NO3SSi/c1-4-26-30(27-5-2,28-6-3)19-13-18-24(29)25(20-22-14-9-7-10-15-22)21-23-16-11-8-12-17-23/h7-12,14-17H,4-6,13,18-21H2,1-3H3. The molecule has 30 heavy (non-hydrogen) atoms. The minimum Gasteiger partial charge on any atom is -0.374 e. The largest absolute Gasteiger partial charge is 0.500 e. The maximum absolute atomic E-state index is 5.98. The molecule has 0 bridgehead atoms. The molecule has 0 spiro atoms. The number of hydrogen-bond acceptors (Lipinski definition) is 4. The summed E-state index contributed by atoms with van der Waals surface area (Å²) in [5.41, 5.74) is 2.52. The van der Waals surface area contributed by atoms with Crippen LogP contribution >= 0.6 is 12.2 Å². The van der Waals surface area contributed by atoms with Crippen LogP contribution in [0.15, 0.2) is 60.7 Å². The molecule has 0 aliphatic carbocycles. The van der Waals surface area contributed by atoms with E-state index in [0.29, 0.717) is 19.8 Å². The van der Waals surface area contributed by atoms with Crippen LogP contribution in [0.5, 0.6) is 0 Å². The second kappa shape index (κ2) is 13.7. The second-order valence-electron chi connectivity index (χ2n) is 7.06. The minimum atomic E-state index is -2.62. The molecule has 0 heterocycles. The number of nitrogens with zero attached hydrogens (tertiary/aromatic N) is 1. The van der Waals surface area contributed by atoms with Crippen molar-refractivity contribution in [3.8, 4) is 0 Å². The van der Waals surface area contributed by atoms with Crippen LogP contribution in [-0.2, 0) is 26.4 Å². The Kier molecular flexibility index (Phi) is 11.3. The molecule has 0 fully saturated rings. The third-order valence-electron chi connectivity index (χ3n) is 4.75. The third-order valence-corrected chi connectivity index (χ3v) is 8.37. The highest BCUT2D eigenvalue weighted by atomic mass is 32.1. The highest BCUT2D eigenvalue weighted by Gasteiger charge is 2.39. The summed E-state index contributed by atoms with van der Waals surface area (Å²) in [5, 5.41) is 0. The lowest BCUT2D eigenvalue weighted by atomic mass is 10.1. The number of benzene rings is 2. The Hall–Kier alpha value is -1.57. The van der Waals surface area contributed by atoms with E-state index in [1.54, 1.807) is 0 Å². The maximum atomic E-state index is 5.98. The van der Waals surface area contributed by atoms with E-state index in [1.165, 1.54) is 11.1 Å². The van der Waals surface area contributed by atoms with Crippen molar-refractivity contribution in [1.82, 2.24) is 4.90 Å². The van der Waals surface area contributed by atoms with Crippen LogP contribution in [0.1, 0.15) is 44.7 Å². The van der Waals surface area contributed by atoms with Gasteiger partial charge in [-0.3, -0.25) is 0 Å². The van der Waals surface area contributed by atoms with E-state index in [1.807, 2.05) is 32.9 Å². The first-order valence-electron chi connectivity index (χ1n) is 10.9. The van der Waals surface area contributed by atoms with Crippen molar-refractivity contribution in [3.63, 3.8) is 0 Å². The summed E-state index contributed by atoms with van der Waals surface area (Å²) < 4.78 is 17.9. The first-order valence-corrected chi connectivity index (χ1v) is 13.2. The number of thiocarbonyl (C=S) groups is 1. The van der Waals surface area contributed by atoms with Gasteiger partial charge in [-0.25, -0.2) is 0 Å². The molecule has 6 heteroatoms. The van der Waals surface area contributed by atoms with Crippen LogP contribution in [-0.4, -0.2) is 38.5 Å². The minimum absolute atomic E-state index is 0.602. The maximum Gasteiger partial charge on any atom is 0.500 e. The Morgan fingerprint density at radius 2 is 1.20 bits per heavy atom. The SMILES string of the molecule is CCO[Si](CCCC(=S)N(Cc1ccccc1)Cc1ccccc1)(OCC)OCC. The zero-order chi connectivity index (χ0) is 21.7. The molecule has 2 rings (SSSR count). The molecule has 0 aliphatic rings. The first-order chi connectivity index (χ1) is 14.6. The van der Waals surface area contributed by atoms with Gasteiger partial charge in [0.1, 0.15) is 0 Å². The van der Waals surface area contributed by atoms with Gasteiger partial charge in [0.05, 0.1) is 4.99 Å². The number of hydrogen-bond donors (Lipinski definition) is 0. The van der Waals surface area contributed by atoms with Gasteiger partial charge in [0.15, 0.2) is 0 Å². The average Bonchev–Trinajstić information content (AvgIpc) is 2.75. The fourth-order valence-electron chi connectivity index (χ4n) is 3.46. The topological polar surface area (TPSA) is 30.9 Å². The Morgan fingerprint density at radius 1 is 0.767 bits per heavy atom. The van der Waals surface area contributed by atoms with Crippen molar-refractivity contribution >= 4 is 26.0 Å². The first kappa shape index (κ1) is 24.7. The third kappa shape index (κ3) is 8.28. The van der Waals surface area contributed by atoms with Crippen molar-refractivity contribution in [3.05, 3.63) is 71.8 Å². The normalized spacial score (nSPS) is 11.4. The molecule has 164 valence electrons. The van der Waals surface area contributed by atoms with Gasteiger partial charge in [-0.1, -0.05) is 72.9 Å². The van der Waals surface area contributed by atoms with Crippen molar-refractivity contribution in [1.29, 1.82) is 0 Å². The molecule has 0 aliphatic heterocycles. The lowest BCUT2D eigenvalue weighted by Crippen LogP contribution is -2.46. The zero-order valence-corrected chi connectivity index (χ0v) is 20.3. The highest BCUT2D eigenvalue weighted by molar-refractivity contribution is 7.80. The molecule has 2 aromatic carbocycles. The molecule has 0 saturated carbocycles. The Labute approximate surface area is 188 Å². The van der Waals surface area contributed by atoms with Crippen LogP contribution < -0.4 is 0 Å². The van der Waals surface area contributed by atoms with E-state index in [4.69, 9.17) is 25.5 Å². The average molecular weight is 446 g/mol. The van der Waals surface area contributed by atoms with Crippen molar-refractivity contribution in [2.75, 3.05) is 19.8 Å². The summed E-state index contributed by atoms with van der Waals surface area (Å²) in [6, 6.07) is 21.8. The van der Waals surface area contributed by atoms with E-state index in [2.05, 4.69) is 53.4 Å². The summed E-state index contributed by atoms with van der Waals surface area (Å²) in [6.45, 7) is 9.39. The molecule has 0 atom stereocenters. The molecule has 0 N–H and O–H groups in total. The van der Waals surface area contributed by atoms with Crippen molar-refractivity contribution in [2.45, 2.75) is 52.7 Å². The Balaban J connectivity index is 2.03. The van der Waals surface area contributed by atoms with E-state index in [0.717, 1.165) is 37.0 Å². The predicted octanol–water partition coefficient (Wildman–Crippen LogP) is 5.84. The van der Waals surface area contributed by atoms with Gasteiger partial charge < -0.3 is 18.2 Å². The van der Waals surface area contributed by atoms with Crippen molar-refractivity contribution < 1.29 is 13.3 Å². The molecule has 0 aromatic heterocycles. The fraction of sp³-hybridized carbons (Fsp3) is 0.458. The smallest absolute Gasteiger partial charge is 0.374 e. The van der Waals surface area contributed by atoms with Crippen molar-refractivity contribution in [2.24, 2.45) is 0 Å². The van der Waals surface area contributed by atoms with Crippen LogP contribution in [0.25, 0.3) is 0 Å². The van der Waals surface area contributed by atoms with E-state index >= 15 is 0 Å². The lowest BCUT2D eigenvalue weighted by Gasteiger charge is -2.29. The molecule has 0 saturated heterocycles. The summed E-state index contributed by atoms with van der Waals surface area (Å²) in [4.78, 5) is 3.26. The van der Waals surface area contributed by atoms with E-state index in [9.17, 15) is 0 Å². The van der Waals surface area contributed by atoms with Gasteiger partial charge in [0.2, 0.25) is 0 Å². The summed E-state index contributed by atoms with van der Waals surface area (Å²) in [7, 11) is -2.62. The van der Waals surface area contributed by atoms with Gasteiger partial charge in [-0.05, 0) is 44.7 Å². The van der Waals surface area contributed by atoms with Gasteiger partial charge >= 0.3 is 8.80 Å². The lowest BCUT2D eigenvalue weighted by molar-refractivity contribution is 0.0709. The highest BCUT2D eigenvalue weighted by Crippen LogP contribution is 2.21. The molecule has 0 unspecified atom stereocenters. The van der Waals surface area contributed by atoms with Gasteiger partial charge in [0, 0.05) is 39.0 Å². The Bertz CT molecular complexity index is 671.